The van der Waals surface area contributed by atoms with E-state index < -0.39 is 0 Å². The van der Waals surface area contributed by atoms with Crippen molar-refractivity contribution < 1.29 is 4.79 Å². The van der Waals surface area contributed by atoms with Gasteiger partial charge in [0.25, 0.3) is 0 Å². The van der Waals surface area contributed by atoms with Crippen molar-refractivity contribution in [1.82, 2.24) is 20.1 Å². The lowest BCUT2D eigenvalue weighted by molar-refractivity contribution is 0.193. The smallest absolute Gasteiger partial charge is 0.317 e. The number of H-pyrrole nitrogens is 1. The molecule has 5 nitrogen and oxygen atoms in total. The highest BCUT2D eigenvalue weighted by Gasteiger charge is 2.35. The number of aromatic amines is 1. The molecule has 28 heavy (non-hydrogen) atoms. The van der Waals surface area contributed by atoms with Crippen molar-refractivity contribution in [1.29, 1.82) is 0 Å². The maximum atomic E-state index is 12.6. The van der Waals surface area contributed by atoms with Crippen LogP contribution in [-0.2, 0) is 6.42 Å². The van der Waals surface area contributed by atoms with Gasteiger partial charge in [-0.2, -0.15) is 0 Å². The molecule has 0 bridgehead atoms. The third-order valence-electron chi connectivity index (χ3n) is 6.36. The van der Waals surface area contributed by atoms with E-state index in [-0.39, 0.29) is 12.1 Å². The zero-order valence-corrected chi connectivity index (χ0v) is 17.7. The van der Waals surface area contributed by atoms with Crippen molar-refractivity contribution in [2.24, 2.45) is 0 Å². The Hall–Kier alpha value is -2.27. The second-order valence-electron chi connectivity index (χ2n) is 8.41. The molecule has 2 aromatic rings. The Morgan fingerprint density at radius 1 is 1.32 bits per heavy atom. The number of amides is 2. The summed E-state index contributed by atoms with van der Waals surface area (Å²) < 4.78 is 0. The molecule has 0 saturated carbocycles. The first-order chi connectivity index (χ1) is 13.4. The number of hydrogen-bond donors (Lipinski definition) is 2. The topological polar surface area (TPSA) is 51.4 Å². The van der Waals surface area contributed by atoms with Gasteiger partial charge in [-0.15, -0.1) is 0 Å². The summed E-state index contributed by atoms with van der Waals surface area (Å²) in [5, 5.41) is 4.60. The second-order valence-corrected chi connectivity index (χ2v) is 8.41. The number of likely N-dealkylation sites (N-methyl/N-ethyl adjacent to an activating group) is 1. The van der Waals surface area contributed by atoms with E-state index in [0.717, 1.165) is 26.1 Å². The fourth-order valence-corrected chi connectivity index (χ4v) is 4.91. The summed E-state index contributed by atoms with van der Waals surface area (Å²) in [6, 6.07) is 6.99. The lowest BCUT2D eigenvalue weighted by Gasteiger charge is -2.40. The number of fused-ring (bicyclic) bond motifs is 2. The van der Waals surface area contributed by atoms with E-state index in [4.69, 9.17) is 0 Å². The average Bonchev–Trinajstić information content (AvgIpc) is 3.04. The van der Waals surface area contributed by atoms with Crippen molar-refractivity contribution in [2.45, 2.75) is 52.1 Å². The van der Waals surface area contributed by atoms with Crippen LogP contribution in [0, 0.1) is 0 Å². The largest absolute Gasteiger partial charge is 0.358 e. The van der Waals surface area contributed by atoms with Crippen molar-refractivity contribution in [3.05, 3.63) is 41.1 Å². The highest BCUT2D eigenvalue weighted by molar-refractivity contribution is 5.99. The first-order valence-electron chi connectivity index (χ1n) is 10.6. The summed E-state index contributed by atoms with van der Waals surface area (Å²) >= 11 is 0. The van der Waals surface area contributed by atoms with Gasteiger partial charge in [0, 0.05) is 42.3 Å². The summed E-state index contributed by atoms with van der Waals surface area (Å²) in [6.07, 6.45) is 3.33. The molecular weight excluding hydrogens is 348 g/mol. The standard InChI is InChI=1S/C23H32N4O/c1-6-27(7-2)23(28)24-15-11-17-16-9-8-10-19-21(16)18(22(25-19)14(3)4)12-20(17)26(5)13-15/h8-11,14-15,20,25H,6-7,12-13H2,1-5H3,(H,24,28)/t15-,20+/m0/s1. The monoisotopic (exact) mass is 380 g/mol. The molecule has 0 radical (unpaired) electrons. The van der Waals surface area contributed by atoms with Crippen LogP contribution in [0.5, 0.6) is 0 Å². The van der Waals surface area contributed by atoms with Gasteiger partial charge in [0.1, 0.15) is 0 Å². The van der Waals surface area contributed by atoms with Gasteiger partial charge in [0.15, 0.2) is 0 Å². The van der Waals surface area contributed by atoms with Crippen molar-refractivity contribution >= 4 is 22.5 Å². The van der Waals surface area contributed by atoms with E-state index in [1.54, 1.807) is 0 Å². The van der Waals surface area contributed by atoms with Crippen LogP contribution >= 0.6 is 0 Å². The van der Waals surface area contributed by atoms with Crippen molar-refractivity contribution in [3.8, 4) is 0 Å². The van der Waals surface area contributed by atoms with Crippen LogP contribution in [0.25, 0.3) is 16.5 Å². The number of benzene rings is 1. The average molecular weight is 381 g/mol. The Morgan fingerprint density at radius 2 is 2.07 bits per heavy atom. The summed E-state index contributed by atoms with van der Waals surface area (Å²) in [4.78, 5) is 20.5. The molecule has 2 N–H and O–H groups in total. The Kier molecular flexibility index (Phi) is 4.96. The number of urea groups is 1. The van der Waals surface area contributed by atoms with Crippen LogP contribution in [0.3, 0.4) is 0 Å². The molecule has 2 amide bonds. The number of carbonyl (C=O) groups excluding carboxylic acids is 1. The third kappa shape index (κ3) is 3.02. The van der Waals surface area contributed by atoms with Crippen LogP contribution in [-0.4, -0.2) is 59.6 Å². The summed E-state index contributed by atoms with van der Waals surface area (Å²) in [6.45, 7) is 10.9. The predicted molar refractivity (Wildman–Crippen MR) is 116 cm³/mol. The summed E-state index contributed by atoms with van der Waals surface area (Å²) in [5.74, 6) is 0.482. The molecular formula is C23H32N4O. The quantitative estimate of drug-likeness (QED) is 0.843. The third-order valence-corrected chi connectivity index (χ3v) is 6.36. The molecule has 5 heteroatoms. The van der Waals surface area contributed by atoms with Crippen molar-refractivity contribution in [2.75, 3.05) is 26.7 Å². The number of hydrogen-bond acceptors (Lipinski definition) is 2. The molecule has 1 aromatic heterocycles. The highest BCUT2D eigenvalue weighted by Crippen LogP contribution is 2.42. The molecule has 1 aliphatic carbocycles. The zero-order chi connectivity index (χ0) is 20.0. The van der Waals surface area contributed by atoms with E-state index >= 15 is 0 Å². The van der Waals surface area contributed by atoms with E-state index in [1.165, 1.54) is 33.3 Å². The van der Waals surface area contributed by atoms with Gasteiger partial charge in [-0.1, -0.05) is 32.1 Å². The van der Waals surface area contributed by atoms with Gasteiger partial charge in [0.2, 0.25) is 0 Å². The van der Waals surface area contributed by atoms with Gasteiger partial charge in [0.05, 0.1) is 6.04 Å². The molecule has 2 heterocycles. The number of aromatic nitrogens is 1. The number of carbonyl (C=O) groups is 1. The highest BCUT2D eigenvalue weighted by atomic mass is 16.2. The molecule has 2 atom stereocenters. The van der Waals surface area contributed by atoms with Crippen LogP contribution < -0.4 is 5.32 Å². The molecule has 0 spiro atoms. The fraction of sp³-hybridized carbons (Fsp3) is 0.522. The Bertz CT molecular complexity index is 922. The Balaban J connectivity index is 1.74. The molecule has 4 rings (SSSR count). The van der Waals surface area contributed by atoms with Gasteiger partial charge >= 0.3 is 6.03 Å². The zero-order valence-electron chi connectivity index (χ0n) is 17.7. The van der Waals surface area contributed by atoms with Crippen LogP contribution in [0.4, 0.5) is 4.79 Å². The fourth-order valence-electron chi connectivity index (χ4n) is 4.91. The first-order valence-corrected chi connectivity index (χ1v) is 10.6. The molecule has 1 aliphatic heterocycles. The molecule has 0 saturated heterocycles. The lowest BCUT2D eigenvalue weighted by Crippen LogP contribution is -2.52. The van der Waals surface area contributed by atoms with Crippen LogP contribution in [0.2, 0.25) is 0 Å². The van der Waals surface area contributed by atoms with Gasteiger partial charge in [-0.05, 0) is 56.0 Å². The number of rotatable bonds is 4. The van der Waals surface area contributed by atoms with Crippen molar-refractivity contribution in [3.63, 3.8) is 0 Å². The molecule has 0 unspecified atom stereocenters. The van der Waals surface area contributed by atoms with E-state index in [2.05, 4.69) is 60.4 Å². The molecule has 0 fully saturated rings. The second kappa shape index (κ2) is 7.28. The maximum absolute atomic E-state index is 12.6. The first kappa shape index (κ1) is 19.1. The van der Waals surface area contributed by atoms with Crippen LogP contribution in [0.1, 0.15) is 50.4 Å². The molecule has 2 aliphatic rings. The van der Waals surface area contributed by atoms with Gasteiger partial charge < -0.3 is 15.2 Å². The summed E-state index contributed by atoms with van der Waals surface area (Å²) in [5.41, 5.74) is 6.74. The number of nitrogens with zero attached hydrogens (tertiary/aromatic N) is 2. The minimum Gasteiger partial charge on any atom is -0.358 e. The molecule has 150 valence electrons. The normalized spacial score (nSPS) is 21.6. The van der Waals surface area contributed by atoms with Gasteiger partial charge in [-0.25, -0.2) is 4.79 Å². The van der Waals surface area contributed by atoms with Gasteiger partial charge in [-0.3, -0.25) is 4.90 Å². The minimum atomic E-state index is 0.0251. The summed E-state index contributed by atoms with van der Waals surface area (Å²) in [7, 11) is 2.18. The van der Waals surface area contributed by atoms with E-state index in [0.29, 0.717) is 12.0 Å². The predicted octanol–water partition coefficient (Wildman–Crippen LogP) is 3.96. The Morgan fingerprint density at radius 3 is 2.75 bits per heavy atom. The Labute approximate surface area is 167 Å². The van der Waals surface area contributed by atoms with E-state index in [9.17, 15) is 4.79 Å². The molecule has 1 aromatic carbocycles. The van der Waals surface area contributed by atoms with Crippen LogP contribution in [0.15, 0.2) is 24.3 Å². The SMILES string of the molecule is CCN(CC)C(=O)N[C@H]1C=C2c3cccc4[nH]c(C(C)C)c(c34)C[C@H]2N(C)C1. The van der Waals surface area contributed by atoms with E-state index in [1.807, 2.05) is 18.7 Å². The lowest BCUT2D eigenvalue weighted by atomic mass is 9.79. The number of nitrogens with one attached hydrogen (secondary N) is 2. The maximum Gasteiger partial charge on any atom is 0.317 e. The minimum absolute atomic E-state index is 0.0251.